The van der Waals surface area contributed by atoms with Gasteiger partial charge in [0.05, 0.1) is 10.6 Å². The minimum Gasteiger partial charge on any atom is -0.371 e. The largest absolute Gasteiger partial charge is 0.371 e. The molecule has 1 aliphatic carbocycles. The van der Waals surface area contributed by atoms with Crippen LogP contribution in [0.1, 0.15) is 58.0 Å². The lowest BCUT2D eigenvalue weighted by Crippen LogP contribution is -2.19. The van der Waals surface area contributed by atoms with Gasteiger partial charge in [-0.2, -0.15) is 0 Å². The van der Waals surface area contributed by atoms with Gasteiger partial charge in [0.1, 0.15) is 10.7 Å². The van der Waals surface area contributed by atoms with Gasteiger partial charge in [0.25, 0.3) is 5.91 Å². The van der Waals surface area contributed by atoms with Crippen molar-refractivity contribution in [1.82, 2.24) is 9.97 Å². The van der Waals surface area contributed by atoms with E-state index < -0.39 is 0 Å². The summed E-state index contributed by atoms with van der Waals surface area (Å²) in [5.74, 6) is 1.39. The van der Waals surface area contributed by atoms with Crippen LogP contribution in [0.4, 0.5) is 11.4 Å². The Kier molecular flexibility index (Phi) is 4.12. The van der Waals surface area contributed by atoms with Crippen LogP contribution in [-0.4, -0.2) is 29.0 Å². The van der Waals surface area contributed by atoms with Crippen molar-refractivity contribution in [2.75, 3.05) is 23.3 Å². The first kappa shape index (κ1) is 17.6. The second-order valence-corrected chi connectivity index (χ2v) is 8.80. The van der Waals surface area contributed by atoms with Gasteiger partial charge in [-0.05, 0) is 63.3 Å². The number of benzene rings is 1. The van der Waals surface area contributed by atoms with Crippen LogP contribution in [0.15, 0.2) is 18.2 Å². The first-order valence-electron chi connectivity index (χ1n) is 10.0. The van der Waals surface area contributed by atoms with E-state index in [0.29, 0.717) is 5.92 Å². The molecule has 1 fully saturated rings. The lowest BCUT2D eigenvalue weighted by Gasteiger charge is -2.17. The Morgan fingerprint density at radius 3 is 2.86 bits per heavy atom. The van der Waals surface area contributed by atoms with Crippen molar-refractivity contribution in [3.05, 3.63) is 45.7 Å². The monoisotopic (exact) mass is 392 g/mol. The third-order valence-electron chi connectivity index (χ3n) is 5.85. The van der Waals surface area contributed by atoms with Gasteiger partial charge >= 0.3 is 0 Å². The molecule has 5 nitrogen and oxygen atoms in total. The number of thiophene rings is 1. The number of amides is 1. The normalized spacial score (nSPS) is 15.9. The zero-order valence-corrected chi connectivity index (χ0v) is 17.3. The van der Waals surface area contributed by atoms with Crippen LogP contribution >= 0.6 is 11.3 Å². The zero-order valence-electron chi connectivity index (χ0n) is 16.5. The summed E-state index contributed by atoms with van der Waals surface area (Å²) in [5, 5.41) is 4.13. The number of rotatable bonds is 4. The highest BCUT2D eigenvalue weighted by Crippen LogP contribution is 2.40. The molecule has 0 radical (unpaired) electrons. The smallest absolute Gasteiger partial charge is 0.266 e. The quantitative estimate of drug-likeness (QED) is 0.691. The SMILES string of the molecule is CCN1CCc2ccc(NC(=O)c3sc4nc(C5CC5)nc(C)c4c3C)cc21. The minimum absolute atomic E-state index is 0.0612. The molecule has 3 heterocycles. The maximum Gasteiger partial charge on any atom is 0.266 e. The van der Waals surface area contributed by atoms with Crippen molar-refractivity contribution < 1.29 is 4.79 Å². The molecule has 1 aliphatic heterocycles. The molecule has 1 aromatic carbocycles. The lowest BCUT2D eigenvalue weighted by atomic mass is 10.1. The molecular weight excluding hydrogens is 368 g/mol. The highest BCUT2D eigenvalue weighted by atomic mass is 32.1. The van der Waals surface area contributed by atoms with Gasteiger partial charge in [0.2, 0.25) is 0 Å². The van der Waals surface area contributed by atoms with Crippen LogP contribution in [0, 0.1) is 13.8 Å². The fourth-order valence-corrected chi connectivity index (χ4v) is 5.27. The molecule has 2 aromatic heterocycles. The van der Waals surface area contributed by atoms with E-state index in [1.165, 1.54) is 35.4 Å². The van der Waals surface area contributed by atoms with Crippen LogP contribution in [0.5, 0.6) is 0 Å². The number of likely N-dealkylation sites (N-methyl/N-ethyl adjacent to an activating group) is 1. The molecule has 28 heavy (non-hydrogen) atoms. The molecule has 0 atom stereocenters. The van der Waals surface area contributed by atoms with E-state index in [9.17, 15) is 4.79 Å². The Balaban J connectivity index is 1.46. The maximum atomic E-state index is 13.0. The predicted molar refractivity (Wildman–Crippen MR) is 115 cm³/mol. The van der Waals surface area contributed by atoms with Gasteiger partial charge in [-0.1, -0.05) is 6.07 Å². The van der Waals surface area contributed by atoms with E-state index in [4.69, 9.17) is 9.97 Å². The standard InChI is InChI=1S/C22H24N4OS/c1-4-26-10-9-14-7-8-16(11-17(14)26)24-21(27)19-12(2)18-13(3)23-20(15-5-6-15)25-22(18)28-19/h7-8,11,15H,4-6,9-10H2,1-3H3,(H,24,27). The molecule has 0 spiro atoms. The second kappa shape index (κ2) is 6.55. The number of aromatic nitrogens is 2. The molecule has 0 unspecified atom stereocenters. The highest BCUT2D eigenvalue weighted by Gasteiger charge is 2.28. The number of anilines is 2. The number of carbonyl (C=O) groups is 1. The Morgan fingerprint density at radius 2 is 2.11 bits per heavy atom. The summed E-state index contributed by atoms with van der Waals surface area (Å²) in [6.07, 6.45) is 3.43. The van der Waals surface area contributed by atoms with Crippen LogP contribution in [0.25, 0.3) is 10.2 Å². The summed E-state index contributed by atoms with van der Waals surface area (Å²) in [5.41, 5.74) is 5.41. The number of hydrogen-bond donors (Lipinski definition) is 1. The van der Waals surface area contributed by atoms with Crippen LogP contribution in [0.2, 0.25) is 0 Å². The van der Waals surface area contributed by atoms with Crippen molar-refractivity contribution >= 4 is 38.8 Å². The van der Waals surface area contributed by atoms with Gasteiger partial charge in [0.15, 0.2) is 0 Å². The van der Waals surface area contributed by atoms with E-state index in [1.807, 2.05) is 19.9 Å². The topological polar surface area (TPSA) is 58.1 Å². The van der Waals surface area contributed by atoms with Gasteiger partial charge in [0, 0.05) is 35.8 Å². The maximum absolute atomic E-state index is 13.0. The molecule has 0 saturated heterocycles. The summed E-state index contributed by atoms with van der Waals surface area (Å²) in [7, 11) is 0. The average molecular weight is 393 g/mol. The zero-order chi connectivity index (χ0) is 19.4. The van der Waals surface area contributed by atoms with E-state index in [2.05, 4.69) is 29.3 Å². The van der Waals surface area contributed by atoms with Gasteiger partial charge in [-0.3, -0.25) is 4.79 Å². The summed E-state index contributed by atoms with van der Waals surface area (Å²) in [4.78, 5) is 26.5. The Hall–Kier alpha value is -2.47. The number of carbonyl (C=O) groups excluding carboxylic acids is 1. The summed E-state index contributed by atoms with van der Waals surface area (Å²) in [6, 6.07) is 6.24. The van der Waals surface area contributed by atoms with Gasteiger partial charge < -0.3 is 10.2 Å². The average Bonchev–Trinajstić information content (AvgIpc) is 3.37. The third-order valence-corrected chi connectivity index (χ3v) is 7.04. The number of aryl methyl sites for hydroxylation is 2. The second-order valence-electron chi connectivity index (χ2n) is 7.81. The van der Waals surface area contributed by atoms with E-state index in [0.717, 1.165) is 57.4 Å². The van der Waals surface area contributed by atoms with E-state index >= 15 is 0 Å². The molecule has 1 saturated carbocycles. The predicted octanol–water partition coefficient (Wildman–Crippen LogP) is 4.82. The fourth-order valence-electron chi connectivity index (χ4n) is 4.14. The number of nitrogens with zero attached hydrogens (tertiary/aromatic N) is 3. The van der Waals surface area contributed by atoms with E-state index in [1.54, 1.807) is 0 Å². The van der Waals surface area contributed by atoms with Crippen LogP contribution in [-0.2, 0) is 6.42 Å². The van der Waals surface area contributed by atoms with Gasteiger partial charge in [-0.15, -0.1) is 11.3 Å². The Bertz CT molecular complexity index is 1100. The highest BCUT2D eigenvalue weighted by molar-refractivity contribution is 7.20. The van der Waals surface area contributed by atoms with Crippen molar-refractivity contribution in [3.8, 4) is 0 Å². The number of fused-ring (bicyclic) bond motifs is 2. The number of nitrogens with one attached hydrogen (secondary N) is 1. The number of hydrogen-bond acceptors (Lipinski definition) is 5. The first-order chi connectivity index (χ1) is 13.5. The summed E-state index contributed by atoms with van der Waals surface area (Å²) >= 11 is 1.48. The minimum atomic E-state index is -0.0612. The molecule has 0 bridgehead atoms. The summed E-state index contributed by atoms with van der Waals surface area (Å²) in [6.45, 7) is 8.24. The Morgan fingerprint density at radius 1 is 1.29 bits per heavy atom. The molecule has 1 amide bonds. The fraction of sp³-hybridized carbons (Fsp3) is 0.409. The first-order valence-corrected chi connectivity index (χ1v) is 10.8. The lowest BCUT2D eigenvalue weighted by molar-refractivity contribution is 0.103. The van der Waals surface area contributed by atoms with Crippen molar-refractivity contribution in [3.63, 3.8) is 0 Å². The molecule has 144 valence electrons. The van der Waals surface area contributed by atoms with Gasteiger partial charge in [-0.25, -0.2) is 9.97 Å². The molecular formula is C22H24N4OS. The van der Waals surface area contributed by atoms with Crippen molar-refractivity contribution in [1.29, 1.82) is 0 Å². The molecule has 2 aliphatic rings. The van der Waals surface area contributed by atoms with Crippen molar-refractivity contribution in [2.45, 2.75) is 46.0 Å². The molecule has 1 N–H and O–H groups in total. The van der Waals surface area contributed by atoms with E-state index in [-0.39, 0.29) is 5.91 Å². The summed E-state index contributed by atoms with van der Waals surface area (Å²) < 4.78 is 0. The Labute approximate surface area is 168 Å². The van der Waals surface area contributed by atoms with Crippen molar-refractivity contribution in [2.24, 2.45) is 0 Å². The molecule has 5 rings (SSSR count). The third kappa shape index (κ3) is 2.87. The molecule has 6 heteroatoms. The van der Waals surface area contributed by atoms with Crippen LogP contribution in [0.3, 0.4) is 0 Å². The van der Waals surface area contributed by atoms with Crippen LogP contribution < -0.4 is 10.2 Å². The molecule has 3 aromatic rings.